The van der Waals surface area contributed by atoms with Crippen LogP contribution in [0.15, 0.2) is 17.3 Å². The molecule has 1 heterocycles. The molecule has 1 aromatic heterocycles. The number of hydrogen-bond donors (Lipinski definition) is 1. The predicted molar refractivity (Wildman–Crippen MR) is 78.0 cm³/mol. The van der Waals surface area contributed by atoms with Gasteiger partial charge in [-0.15, -0.1) is 11.8 Å². The average Bonchev–Trinajstić information content (AvgIpc) is 3.01. The van der Waals surface area contributed by atoms with Crippen molar-refractivity contribution < 1.29 is 0 Å². The first-order valence-electron chi connectivity index (χ1n) is 7.14. The van der Waals surface area contributed by atoms with E-state index < -0.39 is 0 Å². The van der Waals surface area contributed by atoms with E-state index in [4.69, 9.17) is 0 Å². The fourth-order valence-electron chi connectivity index (χ4n) is 2.71. The highest BCUT2D eigenvalue weighted by molar-refractivity contribution is 7.99. The molecule has 1 saturated carbocycles. The summed E-state index contributed by atoms with van der Waals surface area (Å²) < 4.78 is 1.88. The lowest BCUT2D eigenvalue weighted by Crippen LogP contribution is -2.37. The van der Waals surface area contributed by atoms with Crippen LogP contribution in [0.4, 0.5) is 0 Å². The van der Waals surface area contributed by atoms with Crippen molar-refractivity contribution in [1.29, 1.82) is 0 Å². The number of aromatic nitrogens is 2. The number of aryl methyl sites for hydroxylation is 1. The van der Waals surface area contributed by atoms with E-state index in [9.17, 15) is 0 Å². The Hall–Kier alpha value is -0.480. The molecule has 0 spiro atoms. The minimum Gasteiger partial charge on any atom is -0.313 e. The Labute approximate surface area is 115 Å². The van der Waals surface area contributed by atoms with Crippen molar-refractivity contribution in [2.24, 2.45) is 13.0 Å². The third-order valence-electron chi connectivity index (χ3n) is 3.74. The molecule has 1 aliphatic rings. The van der Waals surface area contributed by atoms with Crippen LogP contribution in [0.25, 0.3) is 0 Å². The molecule has 102 valence electrons. The van der Waals surface area contributed by atoms with Gasteiger partial charge in [-0.1, -0.05) is 19.8 Å². The first kappa shape index (κ1) is 13.9. The maximum atomic E-state index is 4.23. The first-order chi connectivity index (χ1) is 8.79. The summed E-state index contributed by atoms with van der Waals surface area (Å²) in [5.74, 6) is 2.07. The number of nitrogens with zero attached hydrogens (tertiary/aromatic N) is 2. The van der Waals surface area contributed by atoms with Crippen LogP contribution in [-0.4, -0.2) is 28.1 Å². The molecule has 0 amide bonds. The summed E-state index contributed by atoms with van der Waals surface area (Å²) >= 11 is 1.94. The molecular weight excluding hydrogens is 242 g/mol. The SMILES string of the molecule is CCCNC(CSc1cnn(C)c1)C1CCCC1. The summed E-state index contributed by atoms with van der Waals surface area (Å²) in [5, 5.41) is 7.97. The zero-order valence-corrected chi connectivity index (χ0v) is 12.4. The van der Waals surface area contributed by atoms with Crippen LogP contribution in [0.2, 0.25) is 0 Å². The van der Waals surface area contributed by atoms with Crippen LogP contribution >= 0.6 is 11.8 Å². The highest BCUT2D eigenvalue weighted by Crippen LogP contribution is 2.30. The smallest absolute Gasteiger partial charge is 0.0625 e. The maximum Gasteiger partial charge on any atom is 0.0625 e. The average molecular weight is 267 g/mol. The predicted octanol–water partition coefficient (Wildman–Crippen LogP) is 3.07. The van der Waals surface area contributed by atoms with Gasteiger partial charge in [0.05, 0.1) is 6.20 Å². The third-order valence-corrected chi connectivity index (χ3v) is 4.81. The maximum absolute atomic E-state index is 4.23. The van der Waals surface area contributed by atoms with Gasteiger partial charge in [0.1, 0.15) is 0 Å². The van der Waals surface area contributed by atoms with E-state index in [-0.39, 0.29) is 0 Å². The molecular formula is C14H25N3S. The Morgan fingerprint density at radius 1 is 1.50 bits per heavy atom. The summed E-state index contributed by atoms with van der Waals surface area (Å²) in [7, 11) is 1.98. The second-order valence-corrected chi connectivity index (χ2v) is 6.36. The monoisotopic (exact) mass is 267 g/mol. The molecule has 0 aliphatic heterocycles. The summed E-state index contributed by atoms with van der Waals surface area (Å²) in [6, 6.07) is 0.678. The lowest BCUT2D eigenvalue weighted by molar-refractivity contribution is 0.388. The molecule has 0 saturated heterocycles. The van der Waals surface area contributed by atoms with Crippen molar-refractivity contribution in [3.63, 3.8) is 0 Å². The van der Waals surface area contributed by atoms with Gasteiger partial charge in [0.2, 0.25) is 0 Å². The van der Waals surface area contributed by atoms with E-state index in [1.54, 1.807) is 0 Å². The van der Waals surface area contributed by atoms with Crippen LogP contribution in [0, 0.1) is 5.92 Å². The van der Waals surface area contributed by atoms with Crippen molar-refractivity contribution in [3.8, 4) is 0 Å². The normalized spacial score (nSPS) is 18.3. The minimum absolute atomic E-state index is 0.678. The van der Waals surface area contributed by atoms with Crippen molar-refractivity contribution in [2.75, 3.05) is 12.3 Å². The zero-order chi connectivity index (χ0) is 12.8. The molecule has 1 atom stereocenters. The Morgan fingerprint density at radius 2 is 2.28 bits per heavy atom. The van der Waals surface area contributed by atoms with Crippen molar-refractivity contribution in [1.82, 2.24) is 15.1 Å². The Kier molecular flexibility index (Phi) is 5.57. The van der Waals surface area contributed by atoms with Crippen molar-refractivity contribution >= 4 is 11.8 Å². The lowest BCUT2D eigenvalue weighted by atomic mass is 10.00. The molecule has 1 N–H and O–H groups in total. The second kappa shape index (κ2) is 7.19. The number of hydrogen-bond acceptors (Lipinski definition) is 3. The summed E-state index contributed by atoms with van der Waals surface area (Å²) in [6.45, 7) is 3.39. The van der Waals surface area contributed by atoms with Crippen LogP contribution in [0.5, 0.6) is 0 Å². The molecule has 0 aromatic carbocycles. The van der Waals surface area contributed by atoms with Gasteiger partial charge in [-0.2, -0.15) is 5.10 Å². The van der Waals surface area contributed by atoms with E-state index >= 15 is 0 Å². The summed E-state index contributed by atoms with van der Waals surface area (Å²) in [4.78, 5) is 1.29. The van der Waals surface area contributed by atoms with E-state index in [1.165, 1.54) is 42.8 Å². The fraction of sp³-hybridized carbons (Fsp3) is 0.786. The lowest BCUT2D eigenvalue weighted by Gasteiger charge is -2.24. The zero-order valence-electron chi connectivity index (χ0n) is 11.6. The number of nitrogens with one attached hydrogen (secondary N) is 1. The molecule has 4 heteroatoms. The van der Waals surface area contributed by atoms with Gasteiger partial charge in [0.25, 0.3) is 0 Å². The largest absolute Gasteiger partial charge is 0.313 e. The van der Waals surface area contributed by atoms with Crippen LogP contribution in [0.1, 0.15) is 39.0 Å². The first-order valence-corrected chi connectivity index (χ1v) is 8.13. The van der Waals surface area contributed by atoms with E-state index in [1.807, 2.05) is 29.7 Å². The molecule has 18 heavy (non-hydrogen) atoms. The van der Waals surface area contributed by atoms with E-state index in [0.717, 1.165) is 12.5 Å². The Morgan fingerprint density at radius 3 is 2.89 bits per heavy atom. The van der Waals surface area contributed by atoms with Gasteiger partial charge in [-0.05, 0) is 31.7 Å². The van der Waals surface area contributed by atoms with E-state index in [0.29, 0.717) is 6.04 Å². The molecule has 1 unspecified atom stereocenters. The quantitative estimate of drug-likeness (QED) is 0.770. The Balaban J connectivity index is 1.83. The van der Waals surface area contributed by atoms with E-state index in [2.05, 4.69) is 23.5 Å². The number of rotatable bonds is 7. The van der Waals surface area contributed by atoms with Gasteiger partial charge in [-0.25, -0.2) is 0 Å². The molecule has 2 rings (SSSR count). The molecule has 1 aliphatic carbocycles. The van der Waals surface area contributed by atoms with Gasteiger partial charge < -0.3 is 5.32 Å². The van der Waals surface area contributed by atoms with Crippen LogP contribution in [-0.2, 0) is 7.05 Å². The molecule has 3 nitrogen and oxygen atoms in total. The molecule has 0 radical (unpaired) electrons. The molecule has 0 bridgehead atoms. The van der Waals surface area contributed by atoms with Crippen molar-refractivity contribution in [2.45, 2.75) is 50.0 Å². The molecule has 1 fully saturated rings. The van der Waals surface area contributed by atoms with Gasteiger partial charge in [0.15, 0.2) is 0 Å². The topological polar surface area (TPSA) is 29.9 Å². The van der Waals surface area contributed by atoms with Crippen LogP contribution < -0.4 is 5.32 Å². The highest BCUT2D eigenvalue weighted by Gasteiger charge is 2.24. The second-order valence-electron chi connectivity index (χ2n) is 5.27. The third kappa shape index (κ3) is 4.02. The minimum atomic E-state index is 0.678. The summed E-state index contributed by atoms with van der Waals surface area (Å²) in [6.07, 6.45) is 11.0. The molecule has 1 aromatic rings. The van der Waals surface area contributed by atoms with Crippen LogP contribution in [0.3, 0.4) is 0 Å². The summed E-state index contributed by atoms with van der Waals surface area (Å²) in [5.41, 5.74) is 0. The standard InChI is InChI=1S/C14H25N3S/c1-3-8-15-14(12-6-4-5-7-12)11-18-13-9-16-17(2)10-13/h9-10,12,14-15H,3-8,11H2,1-2H3. The fourth-order valence-corrected chi connectivity index (χ4v) is 3.82. The van der Waals surface area contributed by atoms with Crippen molar-refractivity contribution in [3.05, 3.63) is 12.4 Å². The van der Waals surface area contributed by atoms with Gasteiger partial charge in [-0.3, -0.25) is 4.68 Å². The van der Waals surface area contributed by atoms with Gasteiger partial charge >= 0.3 is 0 Å². The highest BCUT2D eigenvalue weighted by atomic mass is 32.2. The van der Waals surface area contributed by atoms with Gasteiger partial charge in [0, 0.05) is 29.9 Å². The Bertz CT molecular complexity index is 345. The number of thioether (sulfide) groups is 1.